The van der Waals surface area contributed by atoms with Crippen molar-refractivity contribution in [2.24, 2.45) is 0 Å². The van der Waals surface area contributed by atoms with Crippen LogP contribution in [0.15, 0.2) is 48.5 Å². The van der Waals surface area contributed by atoms with Crippen molar-refractivity contribution in [2.45, 2.75) is 57.5 Å². The predicted octanol–water partition coefficient (Wildman–Crippen LogP) is 4.93. The van der Waals surface area contributed by atoms with Gasteiger partial charge in [-0.05, 0) is 36.1 Å². The van der Waals surface area contributed by atoms with Crippen LogP contribution in [-0.4, -0.2) is 12.2 Å². The predicted molar refractivity (Wildman–Crippen MR) is 91.6 cm³/mol. The van der Waals surface area contributed by atoms with E-state index in [9.17, 15) is 0 Å². The molecule has 2 aliphatic heterocycles. The largest absolute Gasteiger partial charge is 0.365 e. The molecule has 120 valence electrons. The minimum absolute atomic E-state index is 0.0108. The third-order valence-corrected chi connectivity index (χ3v) is 5.34. The van der Waals surface area contributed by atoms with Crippen LogP contribution in [0.4, 0.5) is 0 Å². The van der Waals surface area contributed by atoms with Gasteiger partial charge in [-0.3, -0.25) is 0 Å². The van der Waals surface area contributed by atoms with Gasteiger partial charge in [-0.25, -0.2) is 0 Å². The Labute approximate surface area is 138 Å². The van der Waals surface area contributed by atoms with Crippen molar-refractivity contribution in [3.05, 3.63) is 70.8 Å². The Morgan fingerprint density at radius 1 is 0.652 bits per heavy atom. The number of rotatable bonds is 4. The number of hydrogen-bond donors (Lipinski definition) is 0. The smallest absolute Gasteiger partial charge is 0.109 e. The summed E-state index contributed by atoms with van der Waals surface area (Å²) in [4.78, 5) is 0. The van der Waals surface area contributed by atoms with Crippen molar-refractivity contribution in [2.75, 3.05) is 0 Å². The maximum atomic E-state index is 5.55. The van der Waals surface area contributed by atoms with Gasteiger partial charge in [0.15, 0.2) is 0 Å². The first-order chi connectivity index (χ1) is 11.0. The molecule has 4 rings (SSSR count). The molecule has 4 unspecified atom stereocenters. The van der Waals surface area contributed by atoms with Crippen LogP contribution in [0.5, 0.6) is 0 Å². The highest BCUT2D eigenvalue weighted by Gasteiger charge is 2.37. The molecule has 0 radical (unpaired) electrons. The summed E-state index contributed by atoms with van der Waals surface area (Å²) in [6.45, 7) is 8.80. The molecule has 0 aliphatic carbocycles. The highest BCUT2D eigenvalue weighted by Crippen LogP contribution is 2.41. The second-order valence-electron chi connectivity index (χ2n) is 7.39. The molecule has 2 nitrogen and oxygen atoms in total. The summed E-state index contributed by atoms with van der Waals surface area (Å²) in [5.41, 5.74) is 5.22. The average molecular weight is 308 g/mol. The van der Waals surface area contributed by atoms with Gasteiger partial charge in [0.05, 0.1) is 12.2 Å². The zero-order chi connectivity index (χ0) is 16.2. The van der Waals surface area contributed by atoms with Gasteiger partial charge in [-0.1, -0.05) is 62.4 Å². The molecule has 0 bridgehead atoms. The first-order valence-electron chi connectivity index (χ1n) is 8.48. The maximum Gasteiger partial charge on any atom is 0.109 e. The summed E-state index contributed by atoms with van der Waals surface area (Å²) in [6.07, 6.45) is 1.33. The Morgan fingerprint density at radius 2 is 0.957 bits per heavy atom. The molecular formula is C21H24O2. The summed E-state index contributed by atoms with van der Waals surface area (Å²) < 4.78 is 11.1. The quantitative estimate of drug-likeness (QED) is 0.748. The Bertz CT molecular complexity index is 638. The van der Waals surface area contributed by atoms with E-state index < -0.39 is 0 Å². The number of epoxide rings is 2. The SMILES string of the molecule is CC1OC1c1ccc(C(C)(C)c2ccc(C3OC3C)cc2)cc1. The van der Waals surface area contributed by atoms with Gasteiger partial charge in [-0.15, -0.1) is 0 Å². The molecule has 0 N–H and O–H groups in total. The van der Waals surface area contributed by atoms with Crippen molar-refractivity contribution in [1.29, 1.82) is 0 Å². The zero-order valence-electron chi connectivity index (χ0n) is 14.2. The third-order valence-electron chi connectivity index (χ3n) is 5.34. The first kappa shape index (κ1) is 14.9. The molecule has 2 aromatic carbocycles. The standard InChI is InChI=1S/C21H24O2/c1-13-19(22-13)15-5-9-17(10-6-15)21(3,4)18-11-7-16(8-12-18)20-14(2)23-20/h5-14,19-20H,1-4H3. The highest BCUT2D eigenvalue weighted by atomic mass is 16.6. The summed E-state index contributed by atoms with van der Waals surface area (Å²) in [6, 6.07) is 17.8. The van der Waals surface area contributed by atoms with Gasteiger partial charge in [-0.2, -0.15) is 0 Å². The Morgan fingerprint density at radius 3 is 1.22 bits per heavy atom. The summed E-state index contributed by atoms with van der Waals surface area (Å²) >= 11 is 0. The summed E-state index contributed by atoms with van der Waals surface area (Å²) in [5, 5.41) is 0. The second kappa shape index (κ2) is 5.19. The average Bonchev–Trinajstić information content (AvgIpc) is 3.46. The van der Waals surface area contributed by atoms with Gasteiger partial charge in [0.25, 0.3) is 0 Å². The lowest BCUT2D eigenvalue weighted by Gasteiger charge is -2.26. The molecule has 0 spiro atoms. The van der Waals surface area contributed by atoms with E-state index in [1.807, 2.05) is 0 Å². The number of benzene rings is 2. The van der Waals surface area contributed by atoms with E-state index in [1.54, 1.807) is 0 Å². The lowest BCUT2D eigenvalue weighted by Crippen LogP contribution is -2.18. The van der Waals surface area contributed by atoms with Crippen LogP contribution >= 0.6 is 0 Å². The van der Waals surface area contributed by atoms with Crippen molar-refractivity contribution in [1.82, 2.24) is 0 Å². The van der Waals surface area contributed by atoms with Crippen molar-refractivity contribution >= 4 is 0 Å². The van der Waals surface area contributed by atoms with Crippen molar-refractivity contribution in [3.63, 3.8) is 0 Å². The fourth-order valence-corrected chi connectivity index (χ4v) is 3.42. The molecule has 0 saturated carbocycles. The van der Waals surface area contributed by atoms with Crippen LogP contribution in [0.3, 0.4) is 0 Å². The van der Waals surface area contributed by atoms with Crippen LogP contribution in [0.2, 0.25) is 0 Å². The Kier molecular flexibility index (Phi) is 3.36. The van der Waals surface area contributed by atoms with E-state index in [0.29, 0.717) is 24.4 Å². The van der Waals surface area contributed by atoms with Crippen LogP contribution in [0.1, 0.15) is 62.2 Å². The van der Waals surface area contributed by atoms with E-state index in [0.717, 1.165) is 0 Å². The Hall–Kier alpha value is -1.64. The van der Waals surface area contributed by atoms with Crippen LogP contribution in [-0.2, 0) is 14.9 Å². The van der Waals surface area contributed by atoms with Gasteiger partial charge in [0.1, 0.15) is 12.2 Å². The van der Waals surface area contributed by atoms with Crippen LogP contribution in [0, 0.1) is 0 Å². The number of hydrogen-bond acceptors (Lipinski definition) is 2. The van der Waals surface area contributed by atoms with E-state index >= 15 is 0 Å². The van der Waals surface area contributed by atoms with Crippen LogP contribution < -0.4 is 0 Å². The summed E-state index contributed by atoms with van der Waals surface area (Å²) in [7, 11) is 0. The molecule has 0 aromatic heterocycles. The zero-order valence-corrected chi connectivity index (χ0v) is 14.2. The van der Waals surface area contributed by atoms with Gasteiger partial charge in [0.2, 0.25) is 0 Å². The fraction of sp³-hybridized carbons (Fsp3) is 0.429. The van der Waals surface area contributed by atoms with E-state index in [-0.39, 0.29) is 5.41 Å². The maximum absolute atomic E-state index is 5.55. The van der Waals surface area contributed by atoms with Gasteiger partial charge < -0.3 is 9.47 Å². The third kappa shape index (κ3) is 2.71. The molecule has 23 heavy (non-hydrogen) atoms. The Balaban J connectivity index is 1.56. The monoisotopic (exact) mass is 308 g/mol. The minimum atomic E-state index is -0.0108. The molecule has 2 aliphatic rings. The molecule has 2 fully saturated rings. The molecular weight excluding hydrogens is 284 g/mol. The molecule has 0 amide bonds. The topological polar surface area (TPSA) is 25.1 Å². The van der Waals surface area contributed by atoms with Crippen LogP contribution in [0.25, 0.3) is 0 Å². The molecule has 2 aromatic rings. The summed E-state index contributed by atoms with van der Waals surface area (Å²) in [5.74, 6) is 0. The highest BCUT2D eigenvalue weighted by molar-refractivity contribution is 5.41. The lowest BCUT2D eigenvalue weighted by atomic mass is 9.77. The van der Waals surface area contributed by atoms with Crippen molar-refractivity contribution < 1.29 is 9.47 Å². The lowest BCUT2D eigenvalue weighted by molar-refractivity contribution is 0.383. The minimum Gasteiger partial charge on any atom is -0.365 e. The van der Waals surface area contributed by atoms with E-state index in [1.165, 1.54) is 22.3 Å². The molecule has 2 saturated heterocycles. The second-order valence-corrected chi connectivity index (χ2v) is 7.39. The van der Waals surface area contributed by atoms with E-state index in [4.69, 9.17) is 9.47 Å². The normalized spacial score (nSPS) is 29.4. The van der Waals surface area contributed by atoms with Crippen molar-refractivity contribution in [3.8, 4) is 0 Å². The molecule has 4 atom stereocenters. The number of ether oxygens (including phenoxy) is 2. The molecule has 2 heterocycles. The molecule has 2 heteroatoms. The van der Waals surface area contributed by atoms with Gasteiger partial charge >= 0.3 is 0 Å². The van der Waals surface area contributed by atoms with E-state index in [2.05, 4.69) is 76.2 Å². The fourth-order valence-electron chi connectivity index (χ4n) is 3.42. The first-order valence-corrected chi connectivity index (χ1v) is 8.48. The van der Waals surface area contributed by atoms with Gasteiger partial charge in [0, 0.05) is 5.41 Å².